The summed E-state index contributed by atoms with van der Waals surface area (Å²) in [5.74, 6) is -5.34. The van der Waals surface area contributed by atoms with Gasteiger partial charge in [-0.15, -0.1) is 11.8 Å². The zero-order chi connectivity index (χ0) is 20.1. The van der Waals surface area contributed by atoms with Gasteiger partial charge >= 0.3 is 11.9 Å². The Morgan fingerprint density at radius 3 is 2.33 bits per heavy atom. The molecule has 0 bridgehead atoms. The molecule has 0 aliphatic carbocycles. The van der Waals surface area contributed by atoms with Crippen LogP contribution in [0.2, 0.25) is 5.02 Å². The van der Waals surface area contributed by atoms with Crippen molar-refractivity contribution in [2.75, 3.05) is 0 Å². The maximum atomic E-state index is 12.6. The molecule has 2 heterocycles. The molecular formula is C17H17ClN2O6S. The van der Waals surface area contributed by atoms with Crippen molar-refractivity contribution >= 4 is 47.1 Å². The molecule has 0 aromatic heterocycles. The molecule has 3 rings (SSSR count). The van der Waals surface area contributed by atoms with E-state index in [2.05, 4.69) is 5.32 Å². The molecule has 4 unspecified atom stereocenters. The van der Waals surface area contributed by atoms with Crippen LogP contribution in [0, 0.1) is 0 Å². The molecule has 0 spiro atoms. The topological polar surface area (TPSA) is 124 Å². The third-order valence-corrected chi connectivity index (χ3v) is 6.51. The van der Waals surface area contributed by atoms with Gasteiger partial charge in [0, 0.05) is 9.77 Å². The average Bonchev–Trinajstić information content (AvgIpc) is 2.82. The predicted octanol–water partition coefficient (Wildman–Crippen LogP) is 1.14. The average molecular weight is 413 g/mol. The Hall–Kier alpha value is -2.26. The minimum Gasteiger partial charge on any atom is -0.480 e. The lowest BCUT2D eigenvalue weighted by atomic mass is 9.94. The number of benzene rings is 1. The first-order valence-corrected chi connectivity index (χ1v) is 9.32. The van der Waals surface area contributed by atoms with Crippen LogP contribution in [0.3, 0.4) is 0 Å². The Balaban J connectivity index is 1.78. The van der Waals surface area contributed by atoms with E-state index in [1.54, 1.807) is 13.8 Å². The van der Waals surface area contributed by atoms with Crippen LogP contribution < -0.4 is 5.32 Å². The monoisotopic (exact) mass is 412 g/mol. The first-order valence-electron chi connectivity index (χ1n) is 8.06. The number of carbonyl (C=O) groups is 4. The van der Waals surface area contributed by atoms with E-state index in [1.165, 1.54) is 40.9 Å². The lowest BCUT2D eigenvalue weighted by molar-refractivity contribution is -0.161. The van der Waals surface area contributed by atoms with Gasteiger partial charge in [0.2, 0.25) is 11.8 Å². The predicted molar refractivity (Wildman–Crippen MR) is 97.5 cm³/mol. The molecule has 2 saturated heterocycles. The number of hydrogen-bond acceptors (Lipinski definition) is 5. The zero-order valence-electron chi connectivity index (χ0n) is 14.4. The number of hydrogen-bond donors (Lipinski definition) is 3. The van der Waals surface area contributed by atoms with Gasteiger partial charge in [-0.05, 0) is 31.5 Å². The minimum atomic E-state index is -1.50. The summed E-state index contributed by atoms with van der Waals surface area (Å²) >= 11 is 7.06. The fourth-order valence-electron chi connectivity index (χ4n) is 3.44. The molecule has 2 aliphatic heterocycles. The summed E-state index contributed by atoms with van der Waals surface area (Å²) in [5, 5.41) is 21.2. The van der Waals surface area contributed by atoms with Crippen LogP contribution in [0.5, 0.6) is 0 Å². The molecule has 0 saturated carbocycles. The number of carboxylic acid groups (broad SMARTS) is 2. The van der Waals surface area contributed by atoms with Crippen LogP contribution in [-0.2, 0) is 19.2 Å². The normalized spacial score (nSPS) is 26.7. The highest BCUT2D eigenvalue weighted by Crippen LogP contribution is 2.50. The van der Waals surface area contributed by atoms with Crippen molar-refractivity contribution in [3.05, 3.63) is 34.9 Å². The van der Waals surface area contributed by atoms with Gasteiger partial charge in [0.05, 0.1) is 0 Å². The number of nitrogens with one attached hydrogen (secondary N) is 1. The van der Waals surface area contributed by atoms with Crippen LogP contribution >= 0.6 is 23.4 Å². The maximum absolute atomic E-state index is 12.6. The summed E-state index contributed by atoms with van der Waals surface area (Å²) in [6, 6.07) is 3.86. The standard InChI is InChI=1S/C17H17ClN2O6S/c1-17(2)11(16(25)26)20-13(22)10(14(20)27-17)19-12(21)9(15(23)24)7-3-5-8(18)6-4-7/h3-6,9-11,14H,1-2H3,(H,19,21)(H,23,24)(H,25,26). The second-order valence-corrected chi connectivity index (χ2v) is 9.11. The largest absolute Gasteiger partial charge is 0.480 e. The number of amides is 2. The van der Waals surface area contributed by atoms with Gasteiger partial charge in [-0.25, -0.2) is 4.79 Å². The van der Waals surface area contributed by atoms with E-state index in [0.29, 0.717) is 5.02 Å². The van der Waals surface area contributed by atoms with E-state index < -0.39 is 51.9 Å². The van der Waals surface area contributed by atoms with Crippen molar-refractivity contribution < 1.29 is 29.4 Å². The SMILES string of the molecule is CC1(C)SC2C(NC(=O)C(C(=O)O)c3ccc(Cl)cc3)C(=O)N2C1C(=O)O. The van der Waals surface area contributed by atoms with E-state index in [-0.39, 0.29) is 5.56 Å². The number of nitrogens with zero attached hydrogens (tertiary/aromatic N) is 1. The third kappa shape index (κ3) is 3.25. The highest BCUT2D eigenvalue weighted by molar-refractivity contribution is 8.01. The van der Waals surface area contributed by atoms with Gasteiger partial charge in [0.1, 0.15) is 17.5 Å². The second-order valence-electron chi connectivity index (χ2n) is 6.91. The van der Waals surface area contributed by atoms with Gasteiger partial charge in [-0.2, -0.15) is 0 Å². The van der Waals surface area contributed by atoms with Crippen LogP contribution in [0.15, 0.2) is 24.3 Å². The summed E-state index contributed by atoms with van der Waals surface area (Å²) in [6.45, 7) is 3.43. The van der Waals surface area contributed by atoms with E-state index in [1.807, 2.05) is 0 Å². The number of carbonyl (C=O) groups excluding carboxylic acids is 2. The molecule has 144 valence electrons. The summed E-state index contributed by atoms with van der Waals surface area (Å²) < 4.78 is -0.728. The first kappa shape index (κ1) is 19.5. The molecule has 27 heavy (non-hydrogen) atoms. The van der Waals surface area contributed by atoms with Gasteiger partial charge in [-0.1, -0.05) is 23.7 Å². The number of fused-ring (bicyclic) bond motifs is 1. The van der Waals surface area contributed by atoms with Crippen LogP contribution in [0.1, 0.15) is 25.3 Å². The van der Waals surface area contributed by atoms with Crippen LogP contribution in [0.4, 0.5) is 0 Å². The summed E-state index contributed by atoms with van der Waals surface area (Å²) in [5.41, 5.74) is 0.232. The second kappa shape index (κ2) is 6.72. The van der Waals surface area contributed by atoms with Crippen LogP contribution in [-0.4, -0.2) is 61.1 Å². The van der Waals surface area contributed by atoms with Crippen molar-refractivity contribution in [1.29, 1.82) is 0 Å². The number of β-lactam (4-membered cyclic amide) rings is 1. The Kier molecular flexibility index (Phi) is 4.85. The summed E-state index contributed by atoms with van der Waals surface area (Å²) in [6.07, 6.45) is 0. The smallest absolute Gasteiger partial charge is 0.327 e. The molecule has 10 heteroatoms. The molecule has 3 N–H and O–H groups in total. The number of thioether (sulfide) groups is 1. The Labute approximate surface area is 163 Å². The van der Waals surface area contributed by atoms with Crippen molar-refractivity contribution in [3.8, 4) is 0 Å². The Bertz CT molecular complexity index is 827. The Morgan fingerprint density at radius 1 is 1.22 bits per heavy atom. The molecule has 2 fully saturated rings. The van der Waals surface area contributed by atoms with Gasteiger partial charge < -0.3 is 20.4 Å². The van der Waals surface area contributed by atoms with Crippen molar-refractivity contribution in [3.63, 3.8) is 0 Å². The Morgan fingerprint density at radius 2 is 1.81 bits per heavy atom. The van der Waals surface area contributed by atoms with E-state index >= 15 is 0 Å². The molecule has 2 aliphatic rings. The molecule has 1 aromatic carbocycles. The van der Waals surface area contributed by atoms with E-state index in [4.69, 9.17) is 11.6 Å². The maximum Gasteiger partial charge on any atom is 0.327 e. The highest BCUT2D eigenvalue weighted by atomic mass is 35.5. The molecule has 2 amide bonds. The number of carboxylic acids is 2. The summed E-state index contributed by atoms with van der Waals surface area (Å²) in [4.78, 5) is 49.3. The first-order chi connectivity index (χ1) is 12.5. The quantitative estimate of drug-likeness (QED) is 0.489. The fourth-order valence-corrected chi connectivity index (χ4v) is 5.19. The zero-order valence-corrected chi connectivity index (χ0v) is 16.0. The van der Waals surface area contributed by atoms with Crippen LogP contribution in [0.25, 0.3) is 0 Å². The highest BCUT2D eigenvalue weighted by Gasteiger charge is 2.64. The number of halogens is 1. The van der Waals surface area contributed by atoms with Gasteiger partial charge in [0.25, 0.3) is 0 Å². The number of aliphatic carboxylic acids is 2. The van der Waals surface area contributed by atoms with Gasteiger partial charge in [-0.3, -0.25) is 14.4 Å². The fraction of sp³-hybridized carbons (Fsp3) is 0.412. The summed E-state index contributed by atoms with van der Waals surface area (Å²) in [7, 11) is 0. The minimum absolute atomic E-state index is 0.232. The third-order valence-electron chi connectivity index (χ3n) is 4.69. The lowest BCUT2D eigenvalue weighted by Crippen LogP contribution is -2.71. The number of rotatable bonds is 5. The molecule has 1 aromatic rings. The van der Waals surface area contributed by atoms with Gasteiger partial charge in [0.15, 0.2) is 5.92 Å². The van der Waals surface area contributed by atoms with Crippen molar-refractivity contribution in [2.45, 2.75) is 42.0 Å². The molecule has 8 nitrogen and oxygen atoms in total. The van der Waals surface area contributed by atoms with Crippen molar-refractivity contribution in [1.82, 2.24) is 10.2 Å². The van der Waals surface area contributed by atoms with Crippen molar-refractivity contribution in [2.24, 2.45) is 0 Å². The van der Waals surface area contributed by atoms with E-state index in [9.17, 15) is 29.4 Å². The molecule has 0 radical (unpaired) electrons. The molecule has 4 atom stereocenters. The van der Waals surface area contributed by atoms with E-state index in [0.717, 1.165) is 0 Å². The lowest BCUT2D eigenvalue weighted by Gasteiger charge is -2.43. The molecular weight excluding hydrogens is 396 g/mol.